The molecule has 0 heterocycles. The Kier molecular flexibility index (Phi) is 4.72. The van der Waals surface area contributed by atoms with E-state index >= 15 is 0 Å². The normalized spacial score (nSPS) is 24.5. The van der Waals surface area contributed by atoms with Gasteiger partial charge in [-0.15, -0.1) is 0 Å². The summed E-state index contributed by atoms with van der Waals surface area (Å²) in [4.78, 5) is 0. The molecule has 0 saturated heterocycles. The third-order valence-electron chi connectivity index (χ3n) is 4.74. The Morgan fingerprint density at radius 1 is 0.952 bits per heavy atom. The van der Waals surface area contributed by atoms with Crippen molar-refractivity contribution in [2.75, 3.05) is 6.54 Å². The molecule has 1 fully saturated rings. The Bertz CT molecular complexity index is 534. The average Bonchev–Trinajstić information content (AvgIpc) is 2.54. The molecule has 3 unspecified atom stereocenters. The van der Waals surface area contributed by atoms with Crippen molar-refractivity contribution in [3.8, 4) is 0 Å². The van der Waals surface area contributed by atoms with Crippen LogP contribution in [0.2, 0.25) is 0 Å². The molecule has 1 nitrogen and oxygen atoms in total. The van der Waals surface area contributed by atoms with E-state index in [1.54, 1.807) is 0 Å². The Hall–Kier alpha value is -1.60. The SMILES string of the molecule is CCCNC1CC(c2ccccc2)C1Cc1ccccc1. The van der Waals surface area contributed by atoms with Gasteiger partial charge in [-0.3, -0.25) is 0 Å². The van der Waals surface area contributed by atoms with Crippen LogP contribution >= 0.6 is 0 Å². The quantitative estimate of drug-likeness (QED) is 0.826. The van der Waals surface area contributed by atoms with Crippen LogP contribution in [0.5, 0.6) is 0 Å². The van der Waals surface area contributed by atoms with Crippen molar-refractivity contribution < 1.29 is 0 Å². The highest BCUT2D eigenvalue weighted by atomic mass is 14.9. The van der Waals surface area contributed by atoms with E-state index in [4.69, 9.17) is 0 Å². The van der Waals surface area contributed by atoms with E-state index in [-0.39, 0.29) is 0 Å². The van der Waals surface area contributed by atoms with Gasteiger partial charge in [0.2, 0.25) is 0 Å². The van der Waals surface area contributed by atoms with E-state index in [0.29, 0.717) is 12.0 Å². The molecule has 1 N–H and O–H groups in total. The summed E-state index contributed by atoms with van der Waals surface area (Å²) in [5, 5.41) is 3.74. The molecule has 1 saturated carbocycles. The van der Waals surface area contributed by atoms with Crippen LogP contribution in [0.4, 0.5) is 0 Å². The molecule has 3 atom stereocenters. The van der Waals surface area contributed by atoms with Crippen molar-refractivity contribution in [3.05, 3.63) is 71.8 Å². The summed E-state index contributed by atoms with van der Waals surface area (Å²) in [7, 11) is 0. The Morgan fingerprint density at radius 2 is 1.62 bits per heavy atom. The summed E-state index contributed by atoms with van der Waals surface area (Å²) in [5.74, 6) is 1.43. The van der Waals surface area contributed by atoms with E-state index in [0.717, 1.165) is 12.5 Å². The second-order valence-electron chi connectivity index (χ2n) is 6.17. The molecule has 2 aromatic carbocycles. The molecular formula is C20H25N. The number of nitrogens with one attached hydrogen (secondary N) is 1. The lowest BCUT2D eigenvalue weighted by Crippen LogP contribution is -2.50. The van der Waals surface area contributed by atoms with Gasteiger partial charge in [-0.25, -0.2) is 0 Å². The summed E-state index contributed by atoms with van der Waals surface area (Å²) >= 11 is 0. The molecule has 1 heteroatoms. The van der Waals surface area contributed by atoms with Crippen LogP contribution in [0.1, 0.15) is 36.8 Å². The Labute approximate surface area is 128 Å². The molecule has 110 valence electrons. The molecule has 0 amide bonds. The fourth-order valence-electron chi connectivity index (χ4n) is 3.53. The van der Waals surface area contributed by atoms with Crippen LogP contribution in [-0.4, -0.2) is 12.6 Å². The van der Waals surface area contributed by atoms with Gasteiger partial charge in [0.25, 0.3) is 0 Å². The smallest absolute Gasteiger partial charge is 0.0110 e. The second kappa shape index (κ2) is 6.91. The van der Waals surface area contributed by atoms with Crippen LogP contribution in [0, 0.1) is 5.92 Å². The molecule has 0 aromatic heterocycles. The van der Waals surface area contributed by atoms with Gasteiger partial charge in [0.1, 0.15) is 0 Å². The molecule has 1 aliphatic carbocycles. The van der Waals surface area contributed by atoms with E-state index in [1.807, 2.05) is 0 Å². The summed E-state index contributed by atoms with van der Waals surface area (Å²) in [5.41, 5.74) is 2.97. The second-order valence-corrected chi connectivity index (χ2v) is 6.17. The third-order valence-corrected chi connectivity index (χ3v) is 4.74. The fourth-order valence-corrected chi connectivity index (χ4v) is 3.53. The van der Waals surface area contributed by atoms with Crippen molar-refractivity contribution in [2.24, 2.45) is 5.92 Å². The first kappa shape index (κ1) is 14.3. The van der Waals surface area contributed by atoms with Crippen molar-refractivity contribution in [2.45, 2.75) is 38.1 Å². The summed E-state index contributed by atoms with van der Waals surface area (Å²) in [6.07, 6.45) is 3.67. The Morgan fingerprint density at radius 3 is 2.29 bits per heavy atom. The van der Waals surface area contributed by atoms with Crippen molar-refractivity contribution in [1.29, 1.82) is 0 Å². The predicted octanol–water partition coefficient (Wildman–Crippen LogP) is 4.40. The lowest BCUT2D eigenvalue weighted by atomic mass is 9.64. The molecule has 21 heavy (non-hydrogen) atoms. The van der Waals surface area contributed by atoms with Gasteiger partial charge in [-0.1, -0.05) is 67.6 Å². The number of benzene rings is 2. The average molecular weight is 279 g/mol. The highest BCUT2D eigenvalue weighted by Crippen LogP contribution is 2.44. The fraction of sp³-hybridized carbons (Fsp3) is 0.400. The minimum absolute atomic E-state index is 0.676. The van der Waals surface area contributed by atoms with Gasteiger partial charge in [-0.2, -0.15) is 0 Å². The topological polar surface area (TPSA) is 12.0 Å². The van der Waals surface area contributed by atoms with Gasteiger partial charge in [0.05, 0.1) is 0 Å². The zero-order chi connectivity index (χ0) is 14.5. The van der Waals surface area contributed by atoms with E-state index in [2.05, 4.69) is 72.9 Å². The van der Waals surface area contributed by atoms with Crippen molar-refractivity contribution in [3.63, 3.8) is 0 Å². The van der Waals surface area contributed by atoms with Crippen LogP contribution in [0.15, 0.2) is 60.7 Å². The summed E-state index contributed by atoms with van der Waals surface area (Å²) in [6, 6.07) is 22.6. The van der Waals surface area contributed by atoms with E-state index < -0.39 is 0 Å². The van der Waals surface area contributed by atoms with Gasteiger partial charge >= 0.3 is 0 Å². The highest BCUT2D eigenvalue weighted by molar-refractivity contribution is 5.27. The van der Waals surface area contributed by atoms with Crippen molar-refractivity contribution >= 4 is 0 Å². The maximum absolute atomic E-state index is 3.74. The lowest BCUT2D eigenvalue weighted by Gasteiger charge is -2.46. The minimum atomic E-state index is 0.676. The molecule has 2 aromatic rings. The molecule has 0 spiro atoms. The van der Waals surface area contributed by atoms with Gasteiger partial charge in [0.15, 0.2) is 0 Å². The number of hydrogen-bond acceptors (Lipinski definition) is 1. The molecular weight excluding hydrogens is 254 g/mol. The highest BCUT2D eigenvalue weighted by Gasteiger charge is 2.40. The monoisotopic (exact) mass is 279 g/mol. The van der Waals surface area contributed by atoms with Crippen LogP contribution < -0.4 is 5.32 Å². The molecule has 0 bridgehead atoms. The molecule has 0 radical (unpaired) electrons. The van der Waals surface area contributed by atoms with Crippen LogP contribution in [0.25, 0.3) is 0 Å². The molecule has 1 aliphatic rings. The van der Waals surface area contributed by atoms with Gasteiger partial charge in [-0.05, 0) is 48.8 Å². The minimum Gasteiger partial charge on any atom is -0.314 e. The number of hydrogen-bond donors (Lipinski definition) is 1. The first-order valence-electron chi connectivity index (χ1n) is 8.20. The first-order chi connectivity index (χ1) is 10.4. The third kappa shape index (κ3) is 3.36. The van der Waals surface area contributed by atoms with Crippen LogP contribution in [-0.2, 0) is 6.42 Å². The lowest BCUT2D eigenvalue weighted by molar-refractivity contribution is 0.165. The molecule has 0 aliphatic heterocycles. The van der Waals surface area contributed by atoms with Crippen molar-refractivity contribution in [1.82, 2.24) is 5.32 Å². The Balaban J connectivity index is 1.72. The molecule has 3 rings (SSSR count). The maximum Gasteiger partial charge on any atom is 0.0110 e. The zero-order valence-electron chi connectivity index (χ0n) is 12.8. The van der Waals surface area contributed by atoms with E-state index in [1.165, 1.54) is 30.4 Å². The zero-order valence-corrected chi connectivity index (χ0v) is 12.8. The van der Waals surface area contributed by atoms with E-state index in [9.17, 15) is 0 Å². The first-order valence-corrected chi connectivity index (χ1v) is 8.20. The maximum atomic E-state index is 3.74. The largest absolute Gasteiger partial charge is 0.314 e. The summed E-state index contributed by atoms with van der Waals surface area (Å²) < 4.78 is 0. The van der Waals surface area contributed by atoms with Gasteiger partial charge in [0, 0.05) is 6.04 Å². The van der Waals surface area contributed by atoms with Gasteiger partial charge < -0.3 is 5.32 Å². The summed E-state index contributed by atoms with van der Waals surface area (Å²) in [6.45, 7) is 3.38. The predicted molar refractivity (Wildman–Crippen MR) is 89.5 cm³/mol. The van der Waals surface area contributed by atoms with Crippen LogP contribution in [0.3, 0.4) is 0 Å². The number of rotatable bonds is 6. The standard InChI is InChI=1S/C20H25N/c1-2-13-21-20-15-18(17-11-7-4-8-12-17)19(20)14-16-9-5-3-6-10-16/h3-12,18-21H,2,13-15H2,1H3.